The average molecular weight is 262 g/mol. The van der Waals surface area contributed by atoms with Gasteiger partial charge in [-0.3, -0.25) is 7.58 Å². The number of nitrogens with one attached hydrogen (secondary N) is 1. The van der Waals surface area contributed by atoms with Gasteiger partial charge in [-0.05, 0) is 0 Å². The molecular weight excluding hydrogens is 259 g/mol. The van der Waals surface area contributed by atoms with Crippen molar-refractivity contribution in [2.75, 3.05) is 0 Å². The smallest absolute Gasteiger partial charge is 0.269 e. The summed E-state index contributed by atoms with van der Waals surface area (Å²) in [5, 5.41) is 5.95. The number of nitrogens with zero attached hydrogens (tertiary/aromatic N) is 3. The number of fused-ring (bicyclic) bond motifs is 1. The first kappa shape index (κ1) is 6.77. The van der Waals surface area contributed by atoms with E-state index >= 15 is 0 Å². The molecule has 0 aromatic carbocycles. The van der Waals surface area contributed by atoms with E-state index in [2.05, 4.69) is 15.2 Å². The predicted octanol–water partition coefficient (Wildman–Crippen LogP) is 0.318. The Kier molecular flexibility index (Phi) is 1.41. The highest BCUT2D eigenvalue weighted by Crippen LogP contribution is 2.07. The summed E-state index contributed by atoms with van der Waals surface area (Å²) in [4.78, 5) is 14.9. The van der Waals surface area contributed by atoms with Gasteiger partial charge in [0, 0.05) is 0 Å². The van der Waals surface area contributed by atoms with E-state index in [4.69, 9.17) is 0 Å². The second kappa shape index (κ2) is 2.29. The number of hydrogen-bond donors (Lipinski definition) is 1. The molecule has 0 atom stereocenters. The lowest BCUT2D eigenvalue weighted by molar-refractivity contribution is 1.00. The summed E-state index contributed by atoms with van der Waals surface area (Å²) in [5.41, 5.74) is 0.904. The van der Waals surface area contributed by atoms with Crippen LogP contribution in [0.25, 0.3) is 11.0 Å². The van der Waals surface area contributed by atoms with Crippen LogP contribution in [0.5, 0.6) is 0 Å². The third-order valence-corrected chi connectivity index (χ3v) is 2.10. The van der Waals surface area contributed by atoms with E-state index in [9.17, 15) is 4.79 Å². The number of aromatic nitrogens is 4. The maximum absolute atomic E-state index is 11.0. The van der Waals surface area contributed by atoms with E-state index in [0.29, 0.717) is 5.52 Å². The molecule has 0 saturated heterocycles. The van der Waals surface area contributed by atoms with Crippen LogP contribution in [0.15, 0.2) is 17.3 Å². The SMILES string of the molecule is O=c1[nH]ncc2c1ncn2I. The second-order valence-electron chi connectivity index (χ2n) is 1.99. The van der Waals surface area contributed by atoms with Gasteiger partial charge in [-0.1, -0.05) is 0 Å². The molecule has 6 heteroatoms. The van der Waals surface area contributed by atoms with E-state index in [1.54, 1.807) is 15.3 Å². The van der Waals surface area contributed by atoms with Gasteiger partial charge < -0.3 is 0 Å². The van der Waals surface area contributed by atoms with E-state index < -0.39 is 0 Å². The quantitative estimate of drug-likeness (QED) is 0.695. The first-order valence-electron chi connectivity index (χ1n) is 2.86. The molecule has 0 aliphatic heterocycles. The minimum absolute atomic E-state index is 0.252. The van der Waals surface area contributed by atoms with Crippen LogP contribution >= 0.6 is 22.9 Å². The highest BCUT2D eigenvalue weighted by molar-refractivity contribution is 14.1. The van der Waals surface area contributed by atoms with Gasteiger partial charge in [-0.25, -0.2) is 10.1 Å². The summed E-state index contributed by atoms with van der Waals surface area (Å²) in [5.74, 6) is 0. The zero-order chi connectivity index (χ0) is 7.84. The van der Waals surface area contributed by atoms with E-state index in [1.807, 2.05) is 22.9 Å². The molecule has 0 unspecified atom stereocenters. The standard InChI is InChI=1S/C5H3IN4O/c6-10-2-7-4-3(10)1-8-9-5(4)11/h1-2H,(H,9,11). The second-order valence-corrected chi connectivity index (χ2v) is 3.03. The summed E-state index contributed by atoms with van der Waals surface area (Å²) in [6.07, 6.45) is 3.14. The maximum Gasteiger partial charge on any atom is 0.292 e. The Bertz CT molecular complexity index is 445. The molecule has 0 saturated carbocycles. The van der Waals surface area contributed by atoms with Crippen LogP contribution in [0.3, 0.4) is 0 Å². The van der Waals surface area contributed by atoms with Crippen molar-refractivity contribution in [3.63, 3.8) is 0 Å². The van der Waals surface area contributed by atoms with Gasteiger partial charge in [-0.2, -0.15) is 5.10 Å². The maximum atomic E-state index is 11.0. The van der Waals surface area contributed by atoms with Crippen molar-refractivity contribution in [1.29, 1.82) is 0 Å². The van der Waals surface area contributed by atoms with Crippen LogP contribution in [0.2, 0.25) is 0 Å². The fraction of sp³-hybridized carbons (Fsp3) is 0. The lowest BCUT2D eigenvalue weighted by Gasteiger charge is -1.87. The van der Waals surface area contributed by atoms with Gasteiger partial charge in [0.15, 0.2) is 5.52 Å². The number of rotatable bonds is 0. The van der Waals surface area contributed by atoms with Gasteiger partial charge in [0.25, 0.3) is 5.56 Å². The van der Waals surface area contributed by atoms with Crippen molar-refractivity contribution in [3.05, 3.63) is 22.9 Å². The Labute approximate surface area is 74.9 Å². The minimum Gasteiger partial charge on any atom is -0.269 e. The summed E-state index contributed by atoms with van der Waals surface area (Å²) in [6, 6.07) is 0. The molecule has 0 fully saturated rings. The van der Waals surface area contributed by atoms with E-state index in [-0.39, 0.29) is 5.56 Å². The Morgan fingerprint density at radius 3 is 3.18 bits per heavy atom. The zero-order valence-corrected chi connectivity index (χ0v) is 7.44. The highest BCUT2D eigenvalue weighted by atomic mass is 127. The molecule has 2 rings (SSSR count). The summed E-state index contributed by atoms with van der Waals surface area (Å²) < 4.78 is 1.72. The van der Waals surface area contributed by atoms with Crippen molar-refractivity contribution in [2.45, 2.75) is 0 Å². The van der Waals surface area contributed by atoms with Crippen LogP contribution in [0.4, 0.5) is 0 Å². The van der Waals surface area contributed by atoms with Gasteiger partial charge in [0.05, 0.1) is 29.1 Å². The van der Waals surface area contributed by atoms with Gasteiger partial charge in [-0.15, -0.1) is 0 Å². The highest BCUT2D eigenvalue weighted by Gasteiger charge is 2.02. The first-order valence-corrected chi connectivity index (χ1v) is 3.82. The van der Waals surface area contributed by atoms with Crippen LogP contribution in [-0.2, 0) is 0 Å². The lowest BCUT2D eigenvalue weighted by Crippen LogP contribution is -2.07. The van der Waals surface area contributed by atoms with Gasteiger partial charge in [0.1, 0.15) is 11.8 Å². The molecular formula is C5H3IN4O. The number of aromatic amines is 1. The fourth-order valence-electron chi connectivity index (χ4n) is 0.834. The van der Waals surface area contributed by atoms with E-state index in [0.717, 1.165) is 5.52 Å². The average Bonchev–Trinajstić information content (AvgIpc) is 2.35. The molecule has 11 heavy (non-hydrogen) atoms. The van der Waals surface area contributed by atoms with Crippen molar-refractivity contribution in [2.24, 2.45) is 0 Å². The molecule has 1 N–H and O–H groups in total. The number of H-pyrrole nitrogens is 1. The van der Waals surface area contributed by atoms with Crippen LogP contribution < -0.4 is 5.56 Å². The first-order chi connectivity index (χ1) is 5.29. The molecule has 0 bridgehead atoms. The van der Waals surface area contributed by atoms with E-state index in [1.165, 1.54) is 0 Å². The lowest BCUT2D eigenvalue weighted by atomic mass is 10.5. The number of imidazole rings is 1. The van der Waals surface area contributed by atoms with Crippen molar-refractivity contribution in [3.8, 4) is 0 Å². The summed E-state index contributed by atoms with van der Waals surface area (Å²) in [7, 11) is 0. The number of hydrogen-bond acceptors (Lipinski definition) is 3. The molecule has 0 amide bonds. The summed E-state index contributed by atoms with van der Waals surface area (Å²) in [6.45, 7) is 0. The largest absolute Gasteiger partial charge is 0.292 e. The molecule has 0 aliphatic rings. The van der Waals surface area contributed by atoms with Crippen molar-refractivity contribution >= 4 is 33.9 Å². The van der Waals surface area contributed by atoms with Gasteiger partial charge in [0.2, 0.25) is 0 Å². The van der Waals surface area contributed by atoms with Gasteiger partial charge >= 0.3 is 0 Å². The normalized spacial score (nSPS) is 10.6. The summed E-state index contributed by atoms with van der Waals surface area (Å²) >= 11 is 2.03. The predicted molar refractivity (Wildman–Crippen MR) is 47.6 cm³/mol. The molecule has 5 nitrogen and oxygen atoms in total. The van der Waals surface area contributed by atoms with Crippen molar-refractivity contribution < 1.29 is 0 Å². The Balaban J connectivity index is 3.06. The van der Waals surface area contributed by atoms with Crippen molar-refractivity contribution in [1.82, 2.24) is 18.0 Å². The molecule has 0 aliphatic carbocycles. The molecule has 0 spiro atoms. The van der Waals surface area contributed by atoms with Crippen LogP contribution in [0, 0.1) is 0 Å². The molecule has 2 aromatic heterocycles. The number of halogens is 1. The fourth-order valence-corrected chi connectivity index (χ4v) is 1.31. The molecule has 2 aromatic rings. The third-order valence-electron chi connectivity index (χ3n) is 1.33. The Hall–Kier alpha value is -0.920. The zero-order valence-electron chi connectivity index (χ0n) is 5.28. The molecule has 2 heterocycles. The Morgan fingerprint density at radius 2 is 2.45 bits per heavy atom. The Morgan fingerprint density at radius 1 is 1.64 bits per heavy atom. The third kappa shape index (κ3) is 0.934. The minimum atomic E-state index is -0.252. The topological polar surface area (TPSA) is 63.6 Å². The van der Waals surface area contributed by atoms with Crippen LogP contribution in [-0.4, -0.2) is 18.0 Å². The molecule has 0 radical (unpaired) electrons. The molecule has 56 valence electrons. The monoisotopic (exact) mass is 262 g/mol. The van der Waals surface area contributed by atoms with Crippen LogP contribution in [0.1, 0.15) is 0 Å².